The predicted octanol–water partition coefficient (Wildman–Crippen LogP) is 3.15. The van der Waals surface area contributed by atoms with Crippen LogP contribution in [-0.4, -0.2) is 49.1 Å². The molecule has 0 radical (unpaired) electrons. The lowest BCUT2D eigenvalue weighted by atomic mass is 10.1. The van der Waals surface area contributed by atoms with Crippen LogP contribution in [0, 0.1) is 0 Å². The van der Waals surface area contributed by atoms with Crippen LogP contribution in [0.15, 0.2) is 16.4 Å². The molecule has 2 rings (SSSR count). The highest BCUT2D eigenvalue weighted by Gasteiger charge is 2.26. The van der Waals surface area contributed by atoms with Crippen LogP contribution in [0.2, 0.25) is 0 Å². The molecule has 0 saturated heterocycles. The van der Waals surface area contributed by atoms with Crippen molar-refractivity contribution in [2.75, 3.05) is 26.2 Å². The first-order valence-electron chi connectivity index (χ1n) is 8.31. The minimum Gasteiger partial charge on any atom is -0.357 e. The first-order valence-corrected chi connectivity index (χ1v) is 9.19. The molecule has 0 spiro atoms. The Bertz CT molecular complexity index is 607. The average molecular weight is 504 g/mol. The Kier molecular flexibility index (Phi) is 9.69. The van der Waals surface area contributed by atoms with Crippen molar-refractivity contribution in [2.24, 2.45) is 4.99 Å². The molecule has 1 aliphatic rings. The van der Waals surface area contributed by atoms with Gasteiger partial charge in [0.15, 0.2) is 5.96 Å². The summed E-state index contributed by atoms with van der Waals surface area (Å²) in [5.41, 5.74) is 1.21. The van der Waals surface area contributed by atoms with Crippen molar-refractivity contribution in [3.05, 3.63) is 21.9 Å². The SMILES string of the molecule is CCNC(=NCCC(F)(F)F)NCCC(=O)N1CCc2sccc2C1.I. The quantitative estimate of drug-likeness (QED) is 0.356. The van der Waals surface area contributed by atoms with E-state index in [-0.39, 0.29) is 42.8 Å². The monoisotopic (exact) mass is 504 g/mol. The van der Waals surface area contributed by atoms with E-state index in [9.17, 15) is 18.0 Å². The van der Waals surface area contributed by atoms with Gasteiger partial charge in [0.1, 0.15) is 0 Å². The Morgan fingerprint density at radius 2 is 2.15 bits per heavy atom. The van der Waals surface area contributed by atoms with Crippen molar-refractivity contribution in [1.82, 2.24) is 15.5 Å². The fraction of sp³-hybridized carbons (Fsp3) is 0.625. The standard InChI is InChI=1S/C16H23F3N4OS.HI/c1-2-20-15(22-8-6-16(17,18)19)21-7-3-14(24)23-9-4-13-12(11-23)5-10-25-13;/h5,10H,2-4,6-9,11H2,1H3,(H2,20,21,22);1H. The summed E-state index contributed by atoms with van der Waals surface area (Å²) in [6.45, 7) is 3.73. The van der Waals surface area contributed by atoms with Crippen LogP contribution >= 0.6 is 35.3 Å². The maximum atomic E-state index is 12.3. The van der Waals surface area contributed by atoms with Gasteiger partial charge in [-0.2, -0.15) is 13.2 Å². The number of aliphatic imine (C=N–C) groups is 1. The molecule has 26 heavy (non-hydrogen) atoms. The molecule has 0 saturated carbocycles. The third-order valence-electron chi connectivity index (χ3n) is 3.80. The van der Waals surface area contributed by atoms with E-state index in [1.165, 1.54) is 10.4 Å². The number of hydrogen-bond donors (Lipinski definition) is 2. The van der Waals surface area contributed by atoms with E-state index in [1.807, 2.05) is 23.3 Å². The summed E-state index contributed by atoms with van der Waals surface area (Å²) in [4.78, 5) is 19.3. The predicted molar refractivity (Wildman–Crippen MR) is 108 cm³/mol. The summed E-state index contributed by atoms with van der Waals surface area (Å²) >= 11 is 1.72. The van der Waals surface area contributed by atoms with Gasteiger partial charge in [-0.3, -0.25) is 9.79 Å². The Balaban J connectivity index is 0.00000338. The summed E-state index contributed by atoms with van der Waals surface area (Å²) in [5, 5.41) is 7.84. The van der Waals surface area contributed by atoms with E-state index in [0.717, 1.165) is 6.42 Å². The number of halogens is 4. The van der Waals surface area contributed by atoms with Crippen LogP contribution in [0.1, 0.15) is 30.2 Å². The van der Waals surface area contributed by atoms with Crippen LogP contribution < -0.4 is 10.6 Å². The molecule has 2 N–H and O–H groups in total. The topological polar surface area (TPSA) is 56.7 Å². The number of alkyl halides is 3. The summed E-state index contributed by atoms with van der Waals surface area (Å²) in [6.07, 6.45) is -4.01. The second kappa shape index (κ2) is 11.0. The molecule has 148 valence electrons. The van der Waals surface area contributed by atoms with Crippen molar-refractivity contribution in [3.8, 4) is 0 Å². The number of carbonyl (C=O) groups excluding carboxylic acids is 1. The number of fused-ring (bicyclic) bond motifs is 1. The Morgan fingerprint density at radius 3 is 2.85 bits per heavy atom. The largest absolute Gasteiger partial charge is 0.390 e. The molecule has 1 amide bonds. The minimum absolute atomic E-state index is 0. The van der Waals surface area contributed by atoms with Crippen LogP contribution in [0.3, 0.4) is 0 Å². The first-order chi connectivity index (χ1) is 11.9. The van der Waals surface area contributed by atoms with E-state index in [2.05, 4.69) is 15.6 Å². The molecular weight excluding hydrogens is 480 g/mol. The molecule has 0 aromatic carbocycles. The smallest absolute Gasteiger partial charge is 0.357 e. The van der Waals surface area contributed by atoms with E-state index in [4.69, 9.17) is 0 Å². The molecule has 0 unspecified atom stereocenters. The number of carbonyl (C=O) groups is 1. The number of guanidine groups is 1. The molecule has 10 heteroatoms. The van der Waals surface area contributed by atoms with Crippen LogP contribution in [0.4, 0.5) is 13.2 Å². The van der Waals surface area contributed by atoms with Gasteiger partial charge in [0.2, 0.25) is 5.91 Å². The Labute approximate surface area is 172 Å². The van der Waals surface area contributed by atoms with E-state index in [1.54, 1.807) is 11.3 Å². The van der Waals surface area contributed by atoms with Gasteiger partial charge < -0.3 is 15.5 Å². The fourth-order valence-corrected chi connectivity index (χ4v) is 3.43. The summed E-state index contributed by atoms with van der Waals surface area (Å²) in [7, 11) is 0. The number of rotatable bonds is 6. The summed E-state index contributed by atoms with van der Waals surface area (Å²) in [5.74, 6) is 0.341. The fourth-order valence-electron chi connectivity index (χ4n) is 2.54. The lowest BCUT2D eigenvalue weighted by Gasteiger charge is -2.27. The number of hydrogen-bond acceptors (Lipinski definition) is 3. The third-order valence-corrected chi connectivity index (χ3v) is 4.82. The van der Waals surface area contributed by atoms with Crippen molar-refractivity contribution < 1.29 is 18.0 Å². The zero-order chi connectivity index (χ0) is 18.3. The molecule has 1 aliphatic heterocycles. The average Bonchev–Trinajstić information content (AvgIpc) is 3.01. The van der Waals surface area contributed by atoms with Crippen molar-refractivity contribution >= 4 is 47.2 Å². The van der Waals surface area contributed by atoms with Crippen molar-refractivity contribution in [1.29, 1.82) is 0 Å². The van der Waals surface area contributed by atoms with Gasteiger partial charge in [-0.25, -0.2) is 0 Å². The summed E-state index contributed by atoms with van der Waals surface area (Å²) in [6, 6.07) is 2.05. The lowest BCUT2D eigenvalue weighted by Crippen LogP contribution is -2.41. The maximum absolute atomic E-state index is 12.3. The zero-order valence-corrected chi connectivity index (χ0v) is 17.7. The normalized spacial score (nSPS) is 14.5. The minimum atomic E-state index is -4.22. The lowest BCUT2D eigenvalue weighted by molar-refractivity contribution is -0.132. The molecule has 1 aromatic rings. The molecule has 0 aliphatic carbocycles. The zero-order valence-electron chi connectivity index (χ0n) is 14.6. The van der Waals surface area contributed by atoms with Gasteiger partial charge in [0.25, 0.3) is 0 Å². The molecule has 1 aromatic heterocycles. The van der Waals surface area contributed by atoms with E-state index >= 15 is 0 Å². The van der Waals surface area contributed by atoms with Gasteiger partial charge in [0.05, 0.1) is 13.0 Å². The molecular formula is C16H24F3IN4OS. The second-order valence-electron chi connectivity index (χ2n) is 5.74. The number of thiophene rings is 1. The molecule has 5 nitrogen and oxygen atoms in total. The number of amides is 1. The van der Waals surface area contributed by atoms with Gasteiger partial charge in [-0.1, -0.05) is 0 Å². The van der Waals surface area contributed by atoms with Crippen LogP contribution in [-0.2, 0) is 17.8 Å². The highest BCUT2D eigenvalue weighted by atomic mass is 127. The molecule has 0 bridgehead atoms. The van der Waals surface area contributed by atoms with E-state index < -0.39 is 12.6 Å². The molecule has 2 heterocycles. The van der Waals surface area contributed by atoms with Gasteiger partial charge >= 0.3 is 6.18 Å². The maximum Gasteiger partial charge on any atom is 0.390 e. The Hall–Kier alpha value is -1.04. The highest BCUT2D eigenvalue weighted by molar-refractivity contribution is 14.0. The Morgan fingerprint density at radius 1 is 1.38 bits per heavy atom. The van der Waals surface area contributed by atoms with Gasteiger partial charge in [-0.15, -0.1) is 35.3 Å². The summed E-state index contributed by atoms with van der Waals surface area (Å²) < 4.78 is 36.5. The highest BCUT2D eigenvalue weighted by Crippen LogP contribution is 2.24. The van der Waals surface area contributed by atoms with Gasteiger partial charge in [-0.05, 0) is 30.4 Å². The van der Waals surface area contributed by atoms with Crippen molar-refractivity contribution in [3.63, 3.8) is 0 Å². The molecule has 0 fully saturated rings. The van der Waals surface area contributed by atoms with Crippen LogP contribution in [0.25, 0.3) is 0 Å². The van der Waals surface area contributed by atoms with Gasteiger partial charge in [0, 0.05) is 37.5 Å². The number of nitrogens with zero attached hydrogens (tertiary/aromatic N) is 2. The van der Waals surface area contributed by atoms with Crippen molar-refractivity contribution in [2.45, 2.75) is 38.9 Å². The second-order valence-corrected chi connectivity index (χ2v) is 6.74. The van der Waals surface area contributed by atoms with Crippen LogP contribution in [0.5, 0.6) is 0 Å². The molecule has 0 atom stereocenters. The number of nitrogens with one attached hydrogen (secondary N) is 2. The third kappa shape index (κ3) is 7.68. The van der Waals surface area contributed by atoms with E-state index in [0.29, 0.717) is 32.1 Å². The first kappa shape index (κ1) is 23.0.